The molecule has 0 amide bonds. The van der Waals surface area contributed by atoms with Crippen LogP contribution in [0.25, 0.3) is 28.2 Å². The predicted molar refractivity (Wildman–Crippen MR) is 100 cm³/mol. The summed E-state index contributed by atoms with van der Waals surface area (Å²) in [7, 11) is 1.61. The molecule has 0 bridgehead atoms. The van der Waals surface area contributed by atoms with Gasteiger partial charge in [-0.25, -0.2) is 9.78 Å². The van der Waals surface area contributed by atoms with Crippen LogP contribution in [0.2, 0.25) is 0 Å². The van der Waals surface area contributed by atoms with Crippen LogP contribution in [0.1, 0.15) is 12.1 Å². The van der Waals surface area contributed by atoms with E-state index in [2.05, 4.69) is 26.3 Å². The molecule has 0 spiro atoms. The van der Waals surface area contributed by atoms with Crippen molar-refractivity contribution < 1.29 is 4.74 Å². The monoisotopic (exact) mass is 365 g/mol. The molecule has 4 heterocycles. The van der Waals surface area contributed by atoms with Gasteiger partial charge in [-0.15, -0.1) is 0 Å². The Hall–Kier alpha value is -3.33. The number of aromatic nitrogens is 6. The molecule has 0 atom stereocenters. The maximum atomic E-state index is 11.6. The smallest absolute Gasteiger partial charge is 0.323 e. The summed E-state index contributed by atoms with van der Waals surface area (Å²) in [6, 6.07) is 5.75. The van der Waals surface area contributed by atoms with Crippen molar-refractivity contribution in [2.75, 3.05) is 13.7 Å². The Kier molecular flexibility index (Phi) is 3.61. The number of nitrogens with zero attached hydrogens (tertiary/aromatic N) is 4. The third-order valence-corrected chi connectivity index (χ3v) is 4.84. The van der Waals surface area contributed by atoms with Crippen molar-refractivity contribution in [2.24, 2.45) is 0 Å². The summed E-state index contributed by atoms with van der Waals surface area (Å²) in [6.07, 6.45) is 4.65. The van der Waals surface area contributed by atoms with Crippen molar-refractivity contribution in [1.29, 1.82) is 0 Å². The minimum atomic E-state index is -0.250. The topological polar surface area (TPSA) is 106 Å². The van der Waals surface area contributed by atoms with Crippen LogP contribution in [0.5, 0.6) is 5.75 Å². The number of benzene rings is 1. The van der Waals surface area contributed by atoms with E-state index in [4.69, 9.17) is 9.84 Å². The second-order valence-electron chi connectivity index (χ2n) is 6.54. The zero-order valence-electron chi connectivity index (χ0n) is 14.8. The number of fused-ring (bicyclic) bond motifs is 2. The zero-order chi connectivity index (χ0) is 18.4. The number of nitrogens with one attached hydrogen (secondary N) is 3. The third kappa shape index (κ3) is 2.63. The maximum absolute atomic E-state index is 11.6. The summed E-state index contributed by atoms with van der Waals surface area (Å²) in [6.45, 7) is 2.69. The van der Waals surface area contributed by atoms with E-state index in [0.29, 0.717) is 16.8 Å². The number of aromatic amines is 2. The molecule has 3 N–H and O–H groups in total. The minimum absolute atomic E-state index is 0.250. The van der Waals surface area contributed by atoms with Crippen LogP contribution < -0.4 is 15.7 Å². The van der Waals surface area contributed by atoms with Gasteiger partial charge in [0, 0.05) is 31.5 Å². The first-order valence-corrected chi connectivity index (χ1v) is 8.84. The van der Waals surface area contributed by atoms with Crippen LogP contribution in [-0.4, -0.2) is 43.0 Å². The fourth-order valence-electron chi connectivity index (χ4n) is 3.56. The average molecular weight is 365 g/mol. The van der Waals surface area contributed by atoms with Gasteiger partial charge in [-0.3, -0.25) is 9.25 Å². The molecule has 0 unspecified atom stereocenters. The largest absolute Gasteiger partial charge is 0.494 e. The Labute approximate surface area is 154 Å². The highest BCUT2D eigenvalue weighted by Gasteiger charge is 2.18. The molecule has 5 rings (SSSR count). The van der Waals surface area contributed by atoms with Crippen LogP contribution in [0.15, 0.2) is 35.4 Å². The lowest BCUT2D eigenvalue weighted by molar-refractivity contribution is 0.413. The lowest BCUT2D eigenvalue weighted by atomic mass is 10.2. The molecule has 9 heteroatoms. The van der Waals surface area contributed by atoms with Gasteiger partial charge in [0.1, 0.15) is 11.4 Å². The quantitative estimate of drug-likeness (QED) is 0.509. The van der Waals surface area contributed by atoms with Gasteiger partial charge >= 0.3 is 5.69 Å². The molecule has 1 aromatic carbocycles. The van der Waals surface area contributed by atoms with Gasteiger partial charge in [0.15, 0.2) is 5.82 Å². The molecule has 138 valence electrons. The van der Waals surface area contributed by atoms with Gasteiger partial charge in [0.2, 0.25) is 0 Å². The number of hydrogen-bond donors (Lipinski definition) is 3. The highest BCUT2D eigenvalue weighted by Crippen LogP contribution is 2.30. The molecule has 3 aromatic heterocycles. The van der Waals surface area contributed by atoms with Crippen LogP contribution in [0.3, 0.4) is 0 Å². The van der Waals surface area contributed by atoms with E-state index in [9.17, 15) is 4.79 Å². The SMILES string of the molecule is COc1cc2[nH]c(=O)[nH]c2cc1-n1ccnc1-c1cc2n(n1)CCCNC2. The summed E-state index contributed by atoms with van der Waals surface area (Å²) in [5, 5.41) is 8.15. The fourth-order valence-corrected chi connectivity index (χ4v) is 3.56. The normalized spacial score (nSPS) is 14.3. The summed E-state index contributed by atoms with van der Waals surface area (Å²) < 4.78 is 9.52. The number of aryl methyl sites for hydroxylation is 1. The first-order chi connectivity index (χ1) is 13.2. The van der Waals surface area contributed by atoms with E-state index in [1.54, 1.807) is 19.4 Å². The predicted octanol–water partition coefficient (Wildman–Crippen LogP) is 1.41. The van der Waals surface area contributed by atoms with Crippen LogP contribution in [-0.2, 0) is 13.1 Å². The average Bonchev–Trinajstić information content (AvgIpc) is 3.34. The fraction of sp³-hybridized carbons (Fsp3) is 0.278. The minimum Gasteiger partial charge on any atom is -0.494 e. The molecule has 9 nitrogen and oxygen atoms in total. The Bertz CT molecular complexity index is 1160. The van der Waals surface area contributed by atoms with Crippen molar-refractivity contribution in [3.05, 3.63) is 46.8 Å². The number of ether oxygens (including phenoxy) is 1. The molecule has 0 fully saturated rings. The van der Waals surface area contributed by atoms with Crippen molar-refractivity contribution in [3.8, 4) is 23.0 Å². The Morgan fingerprint density at radius 1 is 1.19 bits per heavy atom. The van der Waals surface area contributed by atoms with Crippen molar-refractivity contribution >= 4 is 11.0 Å². The zero-order valence-corrected chi connectivity index (χ0v) is 14.8. The van der Waals surface area contributed by atoms with Gasteiger partial charge in [0.25, 0.3) is 0 Å². The van der Waals surface area contributed by atoms with E-state index in [1.807, 2.05) is 21.5 Å². The van der Waals surface area contributed by atoms with Gasteiger partial charge in [-0.05, 0) is 25.1 Å². The molecule has 4 aromatic rings. The number of H-pyrrole nitrogens is 2. The molecular formula is C18H19N7O2. The third-order valence-electron chi connectivity index (χ3n) is 4.84. The van der Waals surface area contributed by atoms with Crippen LogP contribution in [0, 0.1) is 0 Å². The first kappa shape index (κ1) is 15.9. The standard InChI is InChI=1S/C18H19N7O2/c1-27-16-9-13-12(21-18(26)22-13)8-15(16)24-6-4-20-17(24)14-7-11-10-19-3-2-5-25(11)23-14/h4,6-9,19H,2-3,5,10H2,1H3,(H2,21,22,26). The molecular weight excluding hydrogens is 346 g/mol. The van der Waals surface area contributed by atoms with Crippen molar-refractivity contribution in [3.63, 3.8) is 0 Å². The van der Waals surface area contributed by atoms with E-state index in [1.165, 1.54) is 0 Å². The number of imidazole rings is 2. The molecule has 0 saturated heterocycles. The van der Waals surface area contributed by atoms with E-state index in [-0.39, 0.29) is 5.69 Å². The number of methoxy groups -OCH3 is 1. The molecule has 1 aliphatic heterocycles. The van der Waals surface area contributed by atoms with Crippen molar-refractivity contribution in [2.45, 2.75) is 19.5 Å². The highest BCUT2D eigenvalue weighted by molar-refractivity contribution is 5.81. The first-order valence-electron chi connectivity index (χ1n) is 8.84. The van der Waals surface area contributed by atoms with E-state index >= 15 is 0 Å². The van der Waals surface area contributed by atoms with Crippen molar-refractivity contribution in [1.82, 2.24) is 34.6 Å². The van der Waals surface area contributed by atoms with E-state index in [0.717, 1.165) is 49.0 Å². The van der Waals surface area contributed by atoms with Gasteiger partial charge in [-0.1, -0.05) is 0 Å². The Morgan fingerprint density at radius 2 is 2.04 bits per heavy atom. The second kappa shape index (κ2) is 6.13. The summed E-state index contributed by atoms with van der Waals surface area (Å²) in [4.78, 5) is 21.7. The number of rotatable bonds is 3. The maximum Gasteiger partial charge on any atom is 0.323 e. The lowest BCUT2D eigenvalue weighted by Gasteiger charge is -2.11. The Morgan fingerprint density at radius 3 is 2.89 bits per heavy atom. The summed E-state index contributed by atoms with van der Waals surface area (Å²) in [5.41, 5.74) is 3.90. The molecule has 0 aliphatic carbocycles. The lowest BCUT2D eigenvalue weighted by Crippen LogP contribution is -2.11. The second-order valence-corrected chi connectivity index (χ2v) is 6.54. The molecule has 1 aliphatic rings. The molecule has 0 radical (unpaired) electrons. The molecule has 0 saturated carbocycles. The summed E-state index contributed by atoms with van der Waals surface area (Å²) in [5.74, 6) is 1.37. The van der Waals surface area contributed by atoms with Gasteiger partial charge in [0.05, 0.1) is 29.5 Å². The summed E-state index contributed by atoms with van der Waals surface area (Å²) >= 11 is 0. The van der Waals surface area contributed by atoms with Gasteiger partial charge < -0.3 is 20.0 Å². The number of hydrogen-bond acceptors (Lipinski definition) is 5. The Balaban J connectivity index is 1.65. The van der Waals surface area contributed by atoms with Crippen LogP contribution in [0.4, 0.5) is 0 Å². The van der Waals surface area contributed by atoms with Gasteiger partial charge in [-0.2, -0.15) is 5.10 Å². The van der Waals surface area contributed by atoms with Crippen LogP contribution >= 0.6 is 0 Å². The highest BCUT2D eigenvalue weighted by atomic mass is 16.5. The molecule has 27 heavy (non-hydrogen) atoms. The van der Waals surface area contributed by atoms with E-state index < -0.39 is 0 Å².